The van der Waals surface area contributed by atoms with Crippen molar-refractivity contribution in [2.45, 2.75) is 13.3 Å². The molecule has 0 aliphatic heterocycles. The number of aromatic nitrogens is 1. The van der Waals surface area contributed by atoms with E-state index >= 15 is 0 Å². The molecular formula is C10H12F2N2O2. The predicted octanol–water partition coefficient (Wildman–Crippen LogP) is 1.94. The number of alkyl halides is 2. The van der Waals surface area contributed by atoms with Crippen LogP contribution in [-0.2, 0) is 4.74 Å². The van der Waals surface area contributed by atoms with Crippen molar-refractivity contribution in [2.24, 2.45) is 0 Å². The first-order valence-electron chi connectivity index (χ1n) is 4.78. The summed E-state index contributed by atoms with van der Waals surface area (Å²) in [5.41, 5.74) is 0.296. The van der Waals surface area contributed by atoms with E-state index in [1.54, 1.807) is 6.92 Å². The number of nitrogens with one attached hydrogen (secondary N) is 1. The van der Waals surface area contributed by atoms with Crippen LogP contribution in [0.3, 0.4) is 0 Å². The summed E-state index contributed by atoms with van der Waals surface area (Å²) in [6.07, 6.45) is -1.15. The van der Waals surface area contributed by atoms with Crippen LogP contribution in [0.15, 0.2) is 18.3 Å². The number of rotatable bonds is 5. The molecule has 1 N–H and O–H groups in total. The number of ether oxygens (including phenoxy) is 1. The summed E-state index contributed by atoms with van der Waals surface area (Å²) in [4.78, 5) is 15.0. The molecule has 1 aromatic rings. The second kappa shape index (κ2) is 5.99. The first-order valence-corrected chi connectivity index (χ1v) is 4.78. The summed E-state index contributed by atoms with van der Waals surface area (Å²) < 4.78 is 28.5. The zero-order valence-corrected chi connectivity index (χ0v) is 8.74. The van der Waals surface area contributed by atoms with E-state index in [4.69, 9.17) is 4.74 Å². The highest BCUT2D eigenvalue weighted by Crippen LogP contribution is 2.07. The first-order chi connectivity index (χ1) is 7.63. The van der Waals surface area contributed by atoms with Crippen molar-refractivity contribution in [3.05, 3.63) is 23.9 Å². The van der Waals surface area contributed by atoms with E-state index < -0.39 is 18.9 Å². The van der Waals surface area contributed by atoms with Gasteiger partial charge < -0.3 is 10.1 Å². The lowest BCUT2D eigenvalue weighted by Gasteiger charge is -2.05. The summed E-state index contributed by atoms with van der Waals surface area (Å²) in [5, 5.41) is 2.43. The number of carbonyl (C=O) groups is 1. The summed E-state index contributed by atoms with van der Waals surface area (Å²) in [6, 6.07) is 2.92. The number of pyridine rings is 1. The second-order valence-corrected chi connectivity index (χ2v) is 2.92. The Kier molecular flexibility index (Phi) is 4.63. The van der Waals surface area contributed by atoms with Gasteiger partial charge in [0.05, 0.1) is 18.7 Å². The van der Waals surface area contributed by atoms with Gasteiger partial charge in [0.15, 0.2) is 0 Å². The van der Waals surface area contributed by atoms with Gasteiger partial charge in [-0.1, -0.05) is 0 Å². The van der Waals surface area contributed by atoms with Crippen molar-refractivity contribution < 1.29 is 18.3 Å². The van der Waals surface area contributed by atoms with Gasteiger partial charge in [0, 0.05) is 6.20 Å². The monoisotopic (exact) mass is 230 g/mol. The number of nitrogens with zero attached hydrogens (tertiary/aromatic N) is 1. The molecule has 0 fully saturated rings. The lowest BCUT2D eigenvalue weighted by atomic mass is 10.3. The molecule has 0 aliphatic carbocycles. The van der Waals surface area contributed by atoms with E-state index in [0.717, 1.165) is 0 Å². The molecule has 0 aromatic carbocycles. The minimum atomic E-state index is -2.44. The van der Waals surface area contributed by atoms with Crippen LogP contribution < -0.4 is 5.32 Å². The molecule has 0 aliphatic rings. The largest absolute Gasteiger partial charge is 0.462 e. The lowest BCUT2D eigenvalue weighted by molar-refractivity contribution is 0.0526. The maximum atomic E-state index is 11.9. The Balaban J connectivity index is 2.57. The van der Waals surface area contributed by atoms with Gasteiger partial charge in [0.2, 0.25) is 0 Å². The van der Waals surface area contributed by atoms with E-state index in [1.807, 2.05) is 0 Å². The van der Waals surface area contributed by atoms with E-state index in [0.29, 0.717) is 11.4 Å². The summed E-state index contributed by atoms with van der Waals surface area (Å²) in [7, 11) is 0. The SMILES string of the molecule is CCOC(=O)c1ccc(NCC(F)F)nc1. The van der Waals surface area contributed by atoms with Gasteiger partial charge in [-0.25, -0.2) is 18.6 Å². The van der Waals surface area contributed by atoms with Gasteiger partial charge in [-0.2, -0.15) is 0 Å². The van der Waals surface area contributed by atoms with Crippen molar-refractivity contribution >= 4 is 11.8 Å². The third-order valence-corrected chi connectivity index (χ3v) is 1.71. The Bertz CT molecular complexity index is 341. The van der Waals surface area contributed by atoms with Gasteiger partial charge in [0.1, 0.15) is 5.82 Å². The Morgan fingerprint density at radius 3 is 2.81 bits per heavy atom. The Labute approximate surface area is 91.6 Å². The van der Waals surface area contributed by atoms with Crippen LogP contribution in [-0.4, -0.2) is 30.5 Å². The number of halogens is 2. The van der Waals surface area contributed by atoms with E-state index in [9.17, 15) is 13.6 Å². The van der Waals surface area contributed by atoms with Crippen LogP contribution in [0.1, 0.15) is 17.3 Å². The number of hydrogen-bond donors (Lipinski definition) is 1. The Morgan fingerprint density at radius 1 is 1.56 bits per heavy atom. The topological polar surface area (TPSA) is 51.2 Å². The maximum absolute atomic E-state index is 11.9. The van der Waals surface area contributed by atoms with Gasteiger partial charge in [-0.05, 0) is 19.1 Å². The van der Waals surface area contributed by atoms with Crippen LogP contribution in [0.5, 0.6) is 0 Å². The van der Waals surface area contributed by atoms with Crippen LogP contribution >= 0.6 is 0 Å². The molecular weight excluding hydrogens is 218 g/mol. The molecule has 0 atom stereocenters. The van der Waals surface area contributed by atoms with E-state index in [2.05, 4.69) is 10.3 Å². The smallest absolute Gasteiger partial charge is 0.339 e. The molecule has 0 saturated carbocycles. The molecule has 4 nitrogen and oxygen atoms in total. The summed E-state index contributed by atoms with van der Waals surface area (Å²) in [5.74, 6) is -0.177. The molecule has 88 valence electrons. The van der Waals surface area contributed by atoms with Crippen molar-refractivity contribution in [2.75, 3.05) is 18.5 Å². The zero-order chi connectivity index (χ0) is 12.0. The molecule has 16 heavy (non-hydrogen) atoms. The highest BCUT2D eigenvalue weighted by atomic mass is 19.3. The molecule has 0 unspecified atom stereocenters. The van der Waals surface area contributed by atoms with Crippen molar-refractivity contribution in [1.82, 2.24) is 4.98 Å². The molecule has 0 bridgehead atoms. The Hall–Kier alpha value is -1.72. The summed E-state index contributed by atoms with van der Waals surface area (Å²) in [6.45, 7) is 1.51. The average molecular weight is 230 g/mol. The van der Waals surface area contributed by atoms with Gasteiger partial charge in [-0.15, -0.1) is 0 Å². The van der Waals surface area contributed by atoms with E-state index in [1.165, 1.54) is 18.3 Å². The zero-order valence-electron chi connectivity index (χ0n) is 8.74. The van der Waals surface area contributed by atoms with Crippen LogP contribution in [0, 0.1) is 0 Å². The first kappa shape index (κ1) is 12.4. The molecule has 1 heterocycles. The second-order valence-electron chi connectivity index (χ2n) is 2.92. The molecule has 0 amide bonds. The molecule has 0 radical (unpaired) electrons. The maximum Gasteiger partial charge on any atom is 0.339 e. The Morgan fingerprint density at radius 2 is 2.31 bits per heavy atom. The number of esters is 1. The minimum Gasteiger partial charge on any atom is -0.462 e. The fraction of sp³-hybridized carbons (Fsp3) is 0.400. The normalized spacial score (nSPS) is 10.2. The van der Waals surface area contributed by atoms with Crippen molar-refractivity contribution in [3.8, 4) is 0 Å². The van der Waals surface area contributed by atoms with Crippen LogP contribution in [0.4, 0.5) is 14.6 Å². The van der Waals surface area contributed by atoms with Crippen LogP contribution in [0.2, 0.25) is 0 Å². The van der Waals surface area contributed by atoms with Gasteiger partial charge in [0.25, 0.3) is 6.43 Å². The number of hydrogen-bond acceptors (Lipinski definition) is 4. The molecule has 6 heteroatoms. The highest BCUT2D eigenvalue weighted by molar-refractivity contribution is 5.89. The van der Waals surface area contributed by atoms with Crippen molar-refractivity contribution in [3.63, 3.8) is 0 Å². The molecule has 0 spiro atoms. The molecule has 1 rings (SSSR count). The third-order valence-electron chi connectivity index (χ3n) is 1.71. The predicted molar refractivity (Wildman–Crippen MR) is 54.7 cm³/mol. The van der Waals surface area contributed by atoms with Crippen LogP contribution in [0.25, 0.3) is 0 Å². The van der Waals surface area contributed by atoms with Gasteiger partial charge >= 0.3 is 5.97 Å². The van der Waals surface area contributed by atoms with E-state index in [-0.39, 0.29) is 6.61 Å². The third kappa shape index (κ3) is 3.80. The number of anilines is 1. The average Bonchev–Trinajstić information content (AvgIpc) is 2.27. The fourth-order valence-corrected chi connectivity index (χ4v) is 1.02. The molecule has 1 aromatic heterocycles. The van der Waals surface area contributed by atoms with Gasteiger partial charge in [-0.3, -0.25) is 0 Å². The standard InChI is InChI=1S/C10H12F2N2O2/c1-2-16-10(15)7-3-4-9(13-5-7)14-6-8(11)12/h3-5,8H,2,6H2,1H3,(H,13,14). The highest BCUT2D eigenvalue weighted by Gasteiger charge is 2.07. The lowest BCUT2D eigenvalue weighted by Crippen LogP contribution is -2.12. The van der Waals surface area contributed by atoms with Crippen molar-refractivity contribution in [1.29, 1.82) is 0 Å². The number of carbonyl (C=O) groups excluding carboxylic acids is 1. The minimum absolute atomic E-state index is 0.282. The summed E-state index contributed by atoms with van der Waals surface area (Å²) >= 11 is 0. The molecule has 0 saturated heterocycles. The quantitative estimate of drug-likeness (QED) is 0.785. The fourth-order valence-electron chi connectivity index (χ4n) is 1.02.